The molecule has 0 amide bonds. The molecule has 0 radical (unpaired) electrons. The van der Waals surface area contributed by atoms with Crippen LogP contribution in [0.15, 0.2) is 11.6 Å². The summed E-state index contributed by atoms with van der Waals surface area (Å²) in [4.78, 5) is 26.1. The Morgan fingerprint density at radius 3 is 2.69 bits per heavy atom. The van der Waals surface area contributed by atoms with Gasteiger partial charge in [-0.05, 0) is 61.7 Å². The van der Waals surface area contributed by atoms with E-state index in [1.54, 1.807) is 0 Å². The first-order valence-corrected chi connectivity index (χ1v) is 11.4. The molecule has 4 bridgehead atoms. The fraction of sp³-hybridized carbons (Fsp3) is 0.833. The number of carboxylic acids is 1. The summed E-state index contributed by atoms with van der Waals surface area (Å²) in [6, 6.07) is 0. The molecule has 2 N–H and O–H groups in total. The van der Waals surface area contributed by atoms with E-state index < -0.39 is 22.2 Å². The Labute approximate surface area is 173 Å². The molecular formula is C24H36O5. The Kier molecular flexibility index (Phi) is 5.22. The van der Waals surface area contributed by atoms with Crippen LogP contribution in [-0.4, -0.2) is 42.3 Å². The van der Waals surface area contributed by atoms with Crippen LogP contribution in [0.5, 0.6) is 0 Å². The first-order valence-electron chi connectivity index (χ1n) is 11.4. The monoisotopic (exact) mass is 404 g/mol. The molecule has 4 rings (SSSR count). The minimum Gasteiger partial charge on any atom is -0.481 e. The minimum atomic E-state index is -1.14. The quantitative estimate of drug-likeness (QED) is 0.348. The van der Waals surface area contributed by atoms with Gasteiger partial charge in [-0.15, -0.1) is 0 Å². The zero-order valence-corrected chi connectivity index (χ0v) is 18.0. The van der Waals surface area contributed by atoms with Crippen molar-refractivity contribution in [2.45, 2.75) is 59.3 Å². The van der Waals surface area contributed by atoms with Crippen LogP contribution in [0.2, 0.25) is 0 Å². The van der Waals surface area contributed by atoms with Gasteiger partial charge in [0.1, 0.15) is 11.7 Å². The van der Waals surface area contributed by atoms with Gasteiger partial charge in [0.2, 0.25) is 0 Å². The van der Waals surface area contributed by atoms with Crippen molar-refractivity contribution in [3.05, 3.63) is 11.6 Å². The Morgan fingerprint density at radius 2 is 2.07 bits per heavy atom. The average Bonchev–Trinajstić information content (AvgIpc) is 3.25. The van der Waals surface area contributed by atoms with Gasteiger partial charge in [0.25, 0.3) is 0 Å². The van der Waals surface area contributed by atoms with Crippen molar-refractivity contribution in [3.63, 3.8) is 0 Å². The molecule has 7 unspecified atom stereocenters. The lowest BCUT2D eigenvalue weighted by Gasteiger charge is -2.58. The standard InChI is InChI=1S/C24H36O5/c1-15(2)20-10-17-11-22(13-26)19-7-6-16(3)18(19)12-23(17,24(20,22)21(27)28)14-29-9-5-4-8-25/h10,13,15-19,25H,4-9,11-12,14H2,1-3H3,(H,27,28). The lowest BCUT2D eigenvalue weighted by molar-refractivity contribution is -0.186. The molecule has 4 aliphatic rings. The van der Waals surface area contributed by atoms with Crippen molar-refractivity contribution in [2.75, 3.05) is 19.8 Å². The van der Waals surface area contributed by atoms with E-state index in [2.05, 4.69) is 26.8 Å². The second-order valence-electron chi connectivity index (χ2n) is 10.5. The van der Waals surface area contributed by atoms with Gasteiger partial charge in [-0.3, -0.25) is 4.79 Å². The molecule has 4 aliphatic carbocycles. The average molecular weight is 405 g/mol. The number of aliphatic hydroxyl groups is 1. The van der Waals surface area contributed by atoms with Gasteiger partial charge >= 0.3 is 5.97 Å². The van der Waals surface area contributed by atoms with Crippen molar-refractivity contribution in [1.29, 1.82) is 0 Å². The molecule has 3 fully saturated rings. The van der Waals surface area contributed by atoms with Gasteiger partial charge in [-0.25, -0.2) is 0 Å². The fourth-order valence-electron chi connectivity index (χ4n) is 8.20. The lowest BCUT2D eigenvalue weighted by Crippen LogP contribution is -2.63. The van der Waals surface area contributed by atoms with Crippen molar-refractivity contribution in [3.8, 4) is 0 Å². The summed E-state index contributed by atoms with van der Waals surface area (Å²) in [5, 5.41) is 19.9. The number of aliphatic hydroxyl groups excluding tert-OH is 1. The zero-order valence-electron chi connectivity index (χ0n) is 18.0. The molecule has 0 heterocycles. The maximum Gasteiger partial charge on any atom is 0.315 e. The maximum absolute atomic E-state index is 13.2. The Balaban J connectivity index is 1.82. The smallest absolute Gasteiger partial charge is 0.315 e. The maximum atomic E-state index is 13.2. The first kappa shape index (κ1) is 21.0. The molecule has 162 valence electrons. The number of carbonyl (C=O) groups is 2. The van der Waals surface area contributed by atoms with Gasteiger partial charge in [0, 0.05) is 18.6 Å². The molecule has 29 heavy (non-hydrogen) atoms. The van der Waals surface area contributed by atoms with E-state index in [0.717, 1.165) is 37.5 Å². The Hall–Kier alpha value is -1.20. The summed E-state index contributed by atoms with van der Waals surface area (Å²) in [6.45, 7) is 7.47. The molecule has 0 aromatic heterocycles. The zero-order chi connectivity index (χ0) is 21.0. The third kappa shape index (κ3) is 2.40. The number of allylic oxidation sites excluding steroid dienone is 1. The van der Waals surface area contributed by atoms with Crippen LogP contribution in [-0.2, 0) is 14.3 Å². The number of aliphatic carboxylic acids is 1. The van der Waals surface area contributed by atoms with Gasteiger partial charge in [0.15, 0.2) is 0 Å². The molecule has 5 heteroatoms. The summed E-state index contributed by atoms with van der Waals surface area (Å²) >= 11 is 0. The van der Waals surface area contributed by atoms with Gasteiger partial charge in [-0.1, -0.05) is 38.8 Å². The van der Waals surface area contributed by atoms with E-state index in [-0.39, 0.29) is 24.4 Å². The normalized spacial score (nSPS) is 44.8. The number of carbonyl (C=O) groups excluding carboxylic acids is 1. The molecule has 0 aromatic carbocycles. The molecule has 0 aliphatic heterocycles. The molecule has 7 atom stereocenters. The van der Waals surface area contributed by atoms with Crippen molar-refractivity contribution in [1.82, 2.24) is 0 Å². The summed E-state index contributed by atoms with van der Waals surface area (Å²) in [5.41, 5.74) is -1.51. The molecule has 0 saturated heterocycles. The van der Waals surface area contributed by atoms with Crippen LogP contribution in [0.3, 0.4) is 0 Å². The van der Waals surface area contributed by atoms with E-state index in [9.17, 15) is 14.7 Å². The third-order valence-electron chi connectivity index (χ3n) is 9.18. The predicted molar refractivity (Wildman–Crippen MR) is 109 cm³/mol. The van der Waals surface area contributed by atoms with Crippen molar-refractivity contribution < 1.29 is 24.5 Å². The largest absolute Gasteiger partial charge is 0.481 e. The summed E-state index contributed by atoms with van der Waals surface area (Å²) in [6.07, 6.45) is 8.28. The van der Waals surface area contributed by atoms with Crippen LogP contribution in [0.25, 0.3) is 0 Å². The number of carboxylic acid groups (broad SMARTS) is 1. The second-order valence-corrected chi connectivity index (χ2v) is 10.5. The fourth-order valence-corrected chi connectivity index (χ4v) is 8.20. The van der Waals surface area contributed by atoms with E-state index in [1.165, 1.54) is 0 Å². The number of unbranched alkanes of at least 4 members (excludes halogenated alkanes) is 1. The SMILES string of the molecule is CC(C)C1=CC2CC3(C=O)C4CCC(C)C4CC2(COCCCCO)C13C(=O)O. The van der Waals surface area contributed by atoms with Crippen molar-refractivity contribution in [2.24, 2.45) is 45.8 Å². The lowest BCUT2D eigenvalue weighted by atomic mass is 9.43. The van der Waals surface area contributed by atoms with Gasteiger partial charge in [-0.2, -0.15) is 0 Å². The topological polar surface area (TPSA) is 83.8 Å². The van der Waals surface area contributed by atoms with Gasteiger partial charge < -0.3 is 19.7 Å². The molecule has 0 spiro atoms. The number of ether oxygens (including phenoxy) is 1. The third-order valence-corrected chi connectivity index (χ3v) is 9.18. The van der Waals surface area contributed by atoms with Gasteiger partial charge in [0.05, 0.1) is 12.0 Å². The molecular weight excluding hydrogens is 368 g/mol. The van der Waals surface area contributed by atoms with E-state index in [4.69, 9.17) is 9.84 Å². The van der Waals surface area contributed by atoms with E-state index in [1.807, 2.05) is 0 Å². The highest BCUT2D eigenvalue weighted by molar-refractivity contribution is 5.90. The minimum absolute atomic E-state index is 0.0943. The van der Waals surface area contributed by atoms with E-state index in [0.29, 0.717) is 37.9 Å². The van der Waals surface area contributed by atoms with Crippen molar-refractivity contribution >= 4 is 12.3 Å². The highest BCUT2D eigenvalue weighted by Crippen LogP contribution is 2.82. The van der Waals surface area contributed by atoms with Crippen LogP contribution < -0.4 is 0 Å². The Morgan fingerprint density at radius 1 is 1.31 bits per heavy atom. The number of rotatable bonds is 9. The molecule has 5 nitrogen and oxygen atoms in total. The molecule has 0 aromatic rings. The van der Waals surface area contributed by atoms with Crippen LogP contribution >= 0.6 is 0 Å². The Bertz CT molecular complexity index is 714. The highest BCUT2D eigenvalue weighted by Gasteiger charge is 2.84. The number of hydrogen-bond donors (Lipinski definition) is 2. The van der Waals surface area contributed by atoms with Crippen LogP contribution in [0.1, 0.15) is 59.3 Å². The molecule has 3 saturated carbocycles. The van der Waals surface area contributed by atoms with E-state index >= 15 is 0 Å². The summed E-state index contributed by atoms with van der Waals surface area (Å²) < 4.78 is 6.13. The van der Waals surface area contributed by atoms with Crippen LogP contribution in [0.4, 0.5) is 0 Å². The highest BCUT2D eigenvalue weighted by atomic mass is 16.5. The second kappa shape index (κ2) is 7.19. The number of aldehydes is 1. The predicted octanol–water partition coefficient (Wildman–Crippen LogP) is 3.70. The van der Waals surface area contributed by atoms with Crippen LogP contribution in [0, 0.1) is 45.8 Å². The summed E-state index contributed by atoms with van der Waals surface area (Å²) in [7, 11) is 0. The summed E-state index contributed by atoms with van der Waals surface area (Å²) in [5.74, 6) is 0.470. The first-order chi connectivity index (χ1) is 13.8. The number of fused-ring (bicyclic) bond motifs is 2. The number of hydrogen-bond acceptors (Lipinski definition) is 4.